The standard InChI is InChI=1S/C12H16O4/c1-16-9-12(15,8-7-11(13)14)10-5-3-2-4-6-10/h2-6,15H,7-9H2,1H3,(H,13,14). The number of methoxy groups -OCH3 is 1. The van der Waals surface area contributed by atoms with Gasteiger partial charge in [0.05, 0.1) is 6.61 Å². The summed E-state index contributed by atoms with van der Waals surface area (Å²) in [7, 11) is 1.48. The maximum absolute atomic E-state index is 10.5. The van der Waals surface area contributed by atoms with Crippen LogP contribution in [0.5, 0.6) is 0 Å². The largest absolute Gasteiger partial charge is 0.481 e. The minimum absolute atomic E-state index is 0.0876. The van der Waals surface area contributed by atoms with Gasteiger partial charge >= 0.3 is 5.97 Å². The molecule has 0 heterocycles. The zero-order chi connectivity index (χ0) is 12.0. The van der Waals surface area contributed by atoms with Crippen molar-refractivity contribution in [2.75, 3.05) is 13.7 Å². The lowest BCUT2D eigenvalue weighted by Gasteiger charge is -2.27. The maximum atomic E-state index is 10.5. The molecule has 4 nitrogen and oxygen atoms in total. The first-order chi connectivity index (χ1) is 7.58. The molecule has 0 radical (unpaired) electrons. The molecular formula is C12H16O4. The number of ether oxygens (including phenoxy) is 1. The van der Waals surface area contributed by atoms with Gasteiger partial charge in [0.25, 0.3) is 0 Å². The van der Waals surface area contributed by atoms with Crippen LogP contribution in [0.4, 0.5) is 0 Å². The third-order valence-electron chi connectivity index (χ3n) is 2.45. The lowest BCUT2D eigenvalue weighted by atomic mass is 9.90. The number of rotatable bonds is 6. The van der Waals surface area contributed by atoms with Gasteiger partial charge in [0, 0.05) is 13.5 Å². The Morgan fingerprint density at radius 2 is 2.00 bits per heavy atom. The Hall–Kier alpha value is -1.39. The Labute approximate surface area is 94.5 Å². The second-order valence-electron chi connectivity index (χ2n) is 3.72. The second kappa shape index (κ2) is 5.63. The molecule has 0 aliphatic heterocycles. The van der Waals surface area contributed by atoms with Crippen LogP contribution in [0.3, 0.4) is 0 Å². The molecular weight excluding hydrogens is 208 g/mol. The summed E-state index contributed by atoms with van der Waals surface area (Å²) < 4.78 is 4.95. The maximum Gasteiger partial charge on any atom is 0.303 e. The summed E-state index contributed by atoms with van der Waals surface area (Å²) in [5.74, 6) is -0.926. The van der Waals surface area contributed by atoms with Crippen LogP contribution >= 0.6 is 0 Å². The summed E-state index contributed by atoms with van der Waals surface area (Å²) in [6, 6.07) is 8.98. The zero-order valence-corrected chi connectivity index (χ0v) is 9.22. The molecule has 0 aliphatic carbocycles. The van der Waals surface area contributed by atoms with Gasteiger partial charge in [-0.25, -0.2) is 0 Å². The molecule has 0 saturated carbocycles. The number of carboxylic acid groups (broad SMARTS) is 1. The number of aliphatic hydroxyl groups is 1. The monoisotopic (exact) mass is 224 g/mol. The molecule has 0 aromatic heterocycles. The highest BCUT2D eigenvalue weighted by Gasteiger charge is 2.29. The fourth-order valence-electron chi connectivity index (χ4n) is 1.60. The van der Waals surface area contributed by atoms with Gasteiger partial charge in [-0.3, -0.25) is 4.79 Å². The molecule has 1 aromatic rings. The molecule has 2 N–H and O–H groups in total. The molecule has 1 unspecified atom stereocenters. The van der Waals surface area contributed by atoms with Crippen molar-refractivity contribution in [3.8, 4) is 0 Å². The van der Waals surface area contributed by atoms with E-state index in [0.717, 1.165) is 0 Å². The van der Waals surface area contributed by atoms with Crippen molar-refractivity contribution in [3.05, 3.63) is 35.9 Å². The van der Waals surface area contributed by atoms with E-state index in [-0.39, 0.29) is 19.4 Å². The van der Waals surface area contributed by atoms with Crippen LogP contribution in [0.25, 0.3) is 0 Å². The number of benzene rings is 1. The normalized spacial score (nSPS) is 14.4. The molecule has 1 aromatic carbocycles. The van der Waals surface area contributed by atoms with E-state index in [4.69, 9.17) is 9.84 Å². The van der Waals surface area contributed by atoms with Crippen LogP contribution in [0.15, 0.2) is 30.3 Å². The van der Waals surface area contributed by atoms with Gasteiger partial charge in [-0.05, 0) is 12.0 Å². The quantitative estimate of drug-likeness (QED) is 0.766. The van der Waals surface area contributed by atoms with E-state index >= 15 is 0 Å². The first-order valence-corrected chi connectivity index (χ1v) is 5.07. The van der Waals surface area contributed by atoms with Crippen molar-refractivity contribution in [1.82, 2.24) is 0 Å². The van der Waals surface area contributed by atoms with Gasteiger partial charge in [-0.15, -0.1) is 0 Å². The Bertz CT molecular complexity index is 336. The summed E-state index contributed by atoms with van der Waals surface area (Å²) in [5.41, 5.74) is -0.549. The Morgan fingerprint density at radius 1 is 1.38 bits per heavy atom. The average Bonchev–Trinajstić information content (AvgIpc) is 2.28. The molecule has 16 heavy (non-hydrogen) atoms. The molecule has 1 atom stereocenters. The Morgan fingerprint density at radius 3 is 2.50 bits per heavy atom. The molecule has 0 bridgehead atoms. The molecule has 0 fully saturated rings. The summed E-state index contributed by atoms with van der Waals surface area (Å²) in [6.45, 7) is 0.0876. The zero-order valence-electron chi connectivity index (χ0n) is 9.22. The second-order valence-corrected chi connectivity index (χ2v) is 3.72. The molecule has 0 amide bonds. The lowest BCUT2D eigenvalue weighted by Crippen LogP contribution is -2.32. The highest BCUT2D eigenvalue weighted by atomic mass is 16.5. The van der Waals surface area contributed by atoms with E-state index in [0.29, 0.717) is 5.56 Å². The minimum atomic E-state index is -1.23. The summed E-state index contributed by atoms with van der Waals surface area (Å²) in [5, 5.41) is 19.0. The smallest absolute Gasteiger partial charge is 0.303 e. The van der Waals surface area contributed by atoms with Crippen LogP contribution in [-0.2, 0) is 15.1 Å². The molecule has 0 saturated heterocycles. The van der Waals surface area contributed by atoms with Gasteiger partial charge in [0.2, 0.25) is 0 Å². The Kier molecular flexibility index (Phi) is 4.46. The van der Waals surface area contributed by atoms with E-state index in [1.165, 1.54) is 7.11 Å². The van der Waals surface area contributed by atoms with Crippen LogP contribution in [-0.4, -0.2) is 29.9 Å². The fraction of sp³-hybridized carbons (Fsp3) is 0.417. The van der Waals surface area contributed by atoms with Gasteiger partial charge in [0.15, 0.2) is 0 Å². The number of hydrogen-bond acceptors (Lipinski definition) is 3. The van der Waals surface area contributed by atoms with Crippen LogP contribution in [0.1, 0.15) is 18.4 Å². The van der Waals surface area contributed by atoms with Crippen molar-refractivity contribution in [1.29, 1.82) is 0 Å². The van der Waals surface area contributed by atoms with E-state index in [9.17, 15) is 9.90 Å². The number of carboxylic acids is 1. The number of aliphatic carboxylic acids is 1. The molecule has 1 rings (SSSR count). The van der Waals surface area contributed by atoms with Gasteiger partial charge in [-0.2, -0.15) is 0 Å². The van der Waals surface area contributed by atoms with E-state index < -0.39 is 11.6 Å². The summed E-state index contributed by atoms with van der Waals surface area (Å²) >= 11 is 0. The Balaban J connectivity index is 2.83. The first-order valence-electron chi connectivity index (χ1n) is 5.07. The summed E-state index contributed by atoms with van der Waals surface area (Å²) in [6.07, 6.45) is 0.0505. The lowest BCUT2D eigenvalue weighted by molar-refractivity contribution is -0.139. The van der Waals surface area contributed by atoms with Crippen LogP contribution in [0, 0.1) is 0 Å². The van der Waals surface area contributed by atoms with Crippen LogP contribution < -0.4 is 0 Å². The topological polar surface area (TPSA) is 66.8 Å². The molecule has 88 valence electrons. The van der Waals surface area contributed by atoms with Crippen molar-refractivity contribution < 1.29 is 19.7 Å². The van der Waals surface area contributed by atoms with Crippen LogP contribution in [0.2, 0.25) is 0 Å². The third kappa shape index (κ3) is 3.32. The van der Waals surface area contributed by atoms with E-state index in [1.807, 2.05) is 6.07 Å². The molecule has 0 spiro atoms. The minimum Gasteiger partial charge on any atom is -0.481 e. The fourth-order valence-corrected chi connectivity index (χ4v) is 1.60. The van der Waals surface area contributed by atoms with E-state index in [2.05, 4.69) is 0 Å². The van der Waals surface area contributed by atoms with Crippen molar-refractivity contribution in [3.63, 3.8) is 0 Å². The highest BCUT2D eigenvalue weighted by molar-refractivity contribution is 5.66. The van der Waals surface area contributed by atoms with Gasteiger partial charge in [0.1, 0.15) is 5.60 Å². The predicted molar refractivity (Wildman–Crippen MR) is 59.1 cm³/mol. The van der Waals surface area contributed by atoms with Gasteiger partial charge < -0.3 is 14.9 Å². The average molecular weight is 224 g/mol. The van der Waals surface area contributed by atoms with Gasteiger partial charge in [-0.1, -0.05) is 30.3 Å². The van der Waals surface area contributed by atoms with E-state index in [1.54, 1.807) is 24.3 Å². The predicted octanol–water partition coefficient (Wildman–Crippen LogP) is 1.39. The third-order valence-corrected chi connectivity index (χ3v) is 2.45. The number of carbonyl (C=O) groups is 1. The SMILES string of the molecule is COCC(O)(CCC(=O)O)c1ccccc1. The summed E-state index contributed by atoms with van der Waals surface area (Å²) in [4.78, 5) is 10.5. The molecule has 0 aliphatic rings. The first kappa shape index (κ1) is 12.7. The van der Waals surface area contributed by atoms with Crippen molar-refractivity contribution >= 4 is 5.97 Å². The van der Waals surface area contributed by atoms with Crippen molar-refractivity contribution in [2.45, 2.75) is 18.4 Å². The highest BCUT2D eigenvalue weighted by Crippen LogP contribution is 2.26. The molecule has 4 heteroatoms. The van der Waals surface area contributed by atoms with Crippen molar-refractivity contribution in [2.24, 2.45) is 0 Å². The number of hydrogen-bond donors (Lipinski definition) is 2.